The Labute approximate surface area is 174 Å². The maximum absolute atomic E-state index is 12.8. The number of ether oxygens (including phenoxy) is 1. The quantitative estimate of drug-likeness (QED) is 0.551. The first kappa shape index (κ1) is 21.2. The highest BCUT2D eigenvalue weighted by Crippen LogP contribution is 2.27. The number of rotatable bonds is 8. The van der Waals surface area contributed by atoms with Crippen molar-refractivity contribution in [2.24, 2.45) is 0 Å². The first-order valence-electron chi connectivity index (χ1n) is 9.13. The standard InChI is InChI=1S/C20H23N3O4S2/c1-4-27-20(24)19(22-29(25,26)17-11-8-12-28-17)18-14(2)21-23(15(18)3)13-16-9-6-5-7-10-16/h5-12,19,22H,4,13H2,1-3H3. The summed E-state index contributed by atoms with van der Waals surface area (Å²) in [5, 5.41) is 6.21. The van der Waals surface area contributed by atoms with Crippen molar-refractivity contribution in [3.05, 3.63) is 70.4 Å². The number of nitrogens with one attached hydrogen (secondary N) is 1. The second kappa shape index (κ2) is 8.89. The van der Waals surface area contributed by atoms with Crippen molar-refractivity contribution >= 4 is 27.3 Å². The first-order chi connectivity index (χ1) is 13.8. The Morgan fingerprint density at radius 2 is 1.93 bits per heavy atom. The molecule has 0 aliphatic rings. The molecule has 0 bridgehead atoms. The average Bonchev–Trinajstić information content (AvgIpc) is 3.31. The largest absolute Gasteiger partial charge is 0.465 e. The Kier molecular flexibility index (Phi) is 6.51. The van der Waals surface area contributed by atoms with E-state index in [-0.39, 0.29) is 10.8 Å². The van der Waals surface area contributed by atoms with E-state index in [1.807, 2.05) is 37.3 Å². The predicted octanol–water partition coefficient (Wildman–Crippen LogP) is 3.19. The van der Waals surface area contributed by atoms with E-state index in [1.165, 1.54) is 6.07 Å². The number of aryl methyl sites for hydroxylation is 1. The van der Waals surface area contributed by atoms with Gasteiger partial charge in [-0.05, 0) is 37.8 Å². The molecule has 29 heavy (non-hydrogen) atoms. The molecule has 1 atom stereocenters. The van der Waals surface area contributed by atoms with Gasteiger partial charge in [0.05, 0.1) is 18.8 Å². The normalized spacial score (nSPS) is 12.7. The van der Waals surface area contributed by atoms with Crippen LogP contribution in [0.1, 0.15) is 35.5 Å². The molecule has 0 saturated carbocycles. The summed E-state index contributed by atoms with van der Waals surface area (Å²) in [7, 11) is -3.88. The molecule has 0 aliphatic heterocycles. The van der Waals surface area contributed by atoms with Gasteiger partial charge in [-0.1, -0.05) is 36.4 Å². The summed E-state index contributed by atoms with van der Waals surface area (Å²) < 4.78 is 35.1. The van der Waals surface area contributed by atoms with Crippen molar-refractivity contribution in [3.8, 4) is 0 Å². The van der Waals surface area contributed by atoms with Crippen molar-refractivity contribution in [3.63, 3.8) is 0 Å². The van der Waals surface area contributed by atoms with Gasteiger partial charge in [0.2, 0.25) is 0 Å². The lowest BCUT2D eigenvalue weighted by molar-refractivity contribution is -0.145. The number of nitrogens with zero attached hydrogens (tertiary/aromatic N) is 2. The summed E-state index contributed by atoms with van der Waals surface area (Å²) in [6.07, 6.45) is 0. The minimum Gasteiger partial charge on any atom is -0.465 e. The molecule has 7 nitrogen and oxygen atoms in total. The SMILES string of the molecule is CCOC(=O)C(NS(=O)(=O)c1cccs1)c1c(C)nn(Cc2ccccc2)c1C. The smallest absolute Gasteiger partial charge is 0.328 e. The molecule has 0 aliphatic carbocycles. The minimum atomic E-state index is -3.88. The highest BCUT2D eigenvalue weighted by molar-refractivity contribution is 7.91. The van der Waals surface area contributed by atoms with E-state index in [1.54, 1.807) is 30.0 Å². The van der Waals surface area contributed by atoms with E-state index in [9.17, 15) is 13.2 Å². The van der Waals surface area contributed by atoms with Crippen molar-refractivity contribution in [2.45, 2.75) is 37.6 Å². The van der Waals surface area contributed by atoms with Crippen LogP contribution < -0.4 is 4.72 Å². The Morgan fingerprint density at radius 3 is 2.55 bits per heavy atom. The van der Waals surface area contributed by atoms with Gasteiger partial charge in [-0.15, -0.1) is 11.3 Å². The van der Waals surface area contributed by atoms with Crippen LogP contribution >= 0.6 is 11.3 Å². The zero-order chi connectivity index (χ0) is 21.0. The van der Waals surface area contributed by atoms with Gasteiger partial charge >= 0.3 is 5.97 Å². The number of carbonyl (C=O) groups excluding carboxylic acids is 1. The van der Waals surface area contributed by atoms with Gasteiger partial charge in [0.25, 0.3) is 10.0 Å². The van der Waals surface area contributed by atoms with Crippen LogP contribution in [0.4, 0.5) is 0 Å². The lowest BCUT2D eigenvalue weighted by atomic mass is 10.1. The fraction of sp³-hybridized carbons (Fsp3) is 0.300. The van der Waals surface area contributed by atoms with Crippen molar-refractivity contribution in [1.29, 1.82) is 0 Å². The van der Waals surface area contributed by atoms with E-state index in [0.717, 1.165) is 16.9 Å². The average molecular weight is 434 g/mol. The lowest BCUT2D eigenvalue weighted by Gasteiger charge is -2.18. The van der Waals surface area contributed by atoms with Gasteiger partial charge in [0.15, 0.2) is 0 Å². The molecule has 0 saturated heterocycles. The number of carbonyl (C=O) groups is 1. The third-order valence-electron chi connectivity index (χ3n) is 4.46. The molecule has 1 N–H and O–H groups in total. The van der Waals surface area contributed by atoms with E-state index >= 15 is 0 Å². The Balaban J connectivity index is 1.99. The van der Waals surface area contributed by atoms with Gasteiger partial charge in [-0.2, -0.15) is 9.82 Å². The van der Waals surface area contributed by atoms with E-state index in [2.05, 4.69) is 9.82 Å². The number of benzene rings is 1. The fourth-order valence-electron chi connectivity index (χ4n) is 3.12. The summed E-state index contributed by atoms with van der Waals surface area (Å²) in [6.45, 7) is 5.92. The summed E-state index contributed by atoms with van der Waals surface area (Å²) in [6, 6.07) is 11.8. The highest BCUT2D eigenvalue weighted by atomic mass is 32.2. The zero-order valence-electron chi connectivity index (χ0n) is 16.5. The van der Waals surface area contributed by atoms with E-state index in [4.69, 9.17) is 4.74 Å². The van der Waals surface area contributed by atoms with Crippen LogP contribution in [-0.2, 0) is 26.1 Å². The van der Waals surface area contributed by atoms with Crippen LogP contribution in [0.3, 0.4) is 0 Å². The fourth-order valence-corrected chi connectivity index (χ4v) is 5.28. The van der Waals surface area contributed by atoms with Crippen molar-refractivity contribution in [2.75, 3.05) is 6.61 Å². The summed E-state index contributed by atoms with van der Waals surface area (Å²) >= 11 is 1.08. The first-order valence-corrected chi connectivity index (χ1v) is 11.5. The predicted molar refractivity (Wildman–Crippen MR) is 111 cm³/mol. The van der Waals surface area contributed by atoms with Crippen molar-refractivity contribution in [1.82, 2.24) is 14.5 Å². The molecule has 9 heteroatoms. The van der Waals surface area contributed by atoms with Crippen LogP contribution in [0, 0.1) is 13.8 Å². The highest BCUT2D eigenvalue weighted by Gasteiger charge is 2.33. The number of sulfonamides is 1. The second-order valence-corrected chi connectivity index (χ2v) is 9.35. The molecule has 0 fully saturated rings. The molecule has 2 heterocycles. The molecule has 1 unspecified atom stereocenters. The van der Waals surface area contributed by atoms with E-state index in [0.29, 0.717) is 23.5 Å². The topological polar surface area (TPSA) is 90.3 Å². The number of thiophene rings is 1. The van der Waals surface area contributed by atoms with E-state index < -0.39 is 22.0 Å². The molecule has 0 radical (unpaired) electrons. The van der Waals surface area contributed by atoms with Crippen LogP contribution in [0.25, 0.3) is 0 Å². The second-order valence-electron chi connectivity index (χ2n) is 6.47. The molecule has 154 valence electrons. The molecule has 3 aromatic rings. The number of hydrogen-bond donors (Lipinski definition) is 1. The summed E-state index contributed by atoms with van der Waals surface area (Å²) in [5.74, 6) is -0.655. The van der Waals surface area contributed by atoms with Gasteiger partial charge in [0.1, 0.15) is 10.3 Å². The maximum Gasteiger partial charge on any atom is 0.328 e. The van der Waals surface area contributed by atoms with Crippen LogP contribution in [-0.4, -0.2) is 30.8 Å². The Bertz CT molecular complexity index is 1070. The van der Waals surface area contributed by atoms with Crippen LogP contribution in [0.5, 0.6) is 0 Å². The van der Waals surface area contributed by atoms with Gasteiger partial charge in [-0.3, -0.25) is 4.68 Å². The molecular formula is C20H23N3O4S2. The van der Waals surface area contributed by atoms with Crippen molar-refractivity contribution < 1.29 is 17.9 Å². The number of hydrogen-bond acceptors (Lipinski definition) is 6. The monoisotopic (exact) mass is 433 g/mol. The Morgan fingerprint density at radius 1 is 1.21 bits per heavy atom. The maximum atomic E-state index is 12.8. The minimum absolute atomic E-state index is 0.138. The zero-order valence-corrected chi connectivity index (χ0v) is 18.1. The molecule has 0 amide bonds. The van der Waals surface area contributed by atoms with Crippen LogP contribution in [0.15, 0.2) is 52.1 Å². The number of aromatic nitrogens is 2. The van der Waals surface area contributed by atoms with Gasteiger partial charge < -0.3 is 4.74 Å². The molecule has 2 aromatic heterocycles. The Hall–Kier alpha value is -2.49. The molecular weight excluding hydrogens is 410 g/mol. The third kappa shape index (κ3) is 4.75. The summed E-state index contributed by atoms with van der Waals surface area (Å²) in [4.78, 5) is 12.7. The molecule has 3 rings (SSSR count). The van der Waals surface area contributed by atoms with Gasteiger partial charge in [0, 0.05) is 11.3 Å². The number of esters is 1. The lowest BCUT2D eigenvalue weighted by Crippen LogP contribution is -2.35. The molecule has 0 spiro atoms. The van der Waals surface area contributed by atoms with Gasteiger partial charge in [-0.25, -0.2) is 13.2 Å². The third-order valence-corrected chi connectivity index (χ3v) is 7.28. The molecule has 1 aromatic carbocycles. The van der Waals surface area contributed by atoms with Crippen LogP contribution in [0.2, 0.25) is 0 Å². The summed E-state index contributed by atoms with van der Waals surface area (Å²) in [5.41, 5.74) is 2.85.